The highest BCUT2D eigenvalue weighted by Crippen LogP contribution is 2.36. The molecule has 0 amide bonds. The molecule has 3 rings (SSSR count). The lowest BCUT2D eigenvalue weighted by Gasteiger charge is -2.33. The molecule has 1 heterocycles. The molecule has 1 aliphatic rings. The number of hydrogen-bond donors (Lipinski definition) is 1. The molecule has 0 bridgehead atoms. The van der Waals surface area contributed by atoms with Crippen LogP contribution < -0.4 is 4.31 Å². The number of hydrogen-bond acceptors (Lipinski definition) is 3. The molecule has 0 aromatic heterocycles. The number of nitrogens with zero attached hydrogens (tertiary/aromatic N) is 1. The zero-order valence-electron chi connectivity index (χ0n) is 13.4. The summed E-state index contributed by atoms with van der Waals surface area (Å²) in [6, 6.07) is 13.1. The zero-order valence-corrected chi connectivity index (χ0v) is 14.2. The van der Waals surface area contributed by atoms with Gasteiger partial charge in [-0.15, -0.1) is 0 Å². The molecule has 4 nitrogen and oxygen atoms in total. The number of fused-ring (bicyclic) bond motifs is 1. The van der Waals surface area contributed by atoms with Gasteiger partial charge in [0, 0.05) is 12.1 Å². The Balaban J connectivity index is 1.97. The van der Waals surface area contributed by atoms with Crippen LogP contribution in [0.1, 0.15) is 34.8 Å². The highest BCUT2D eigenvalue weighted by atomic mass is 32.2. The first kappa shape index (κ1) is 16.0. The van der Waals surface area contributed by atoms with Crippen LogP contribution >= 0.6 is 0 Å². The topological polar surface area (TPSA) is 57.6 Å². The Morgan fingerprint density at radius 2 is 1.87 bits per heavy atom. The van der Waals surface area contributed by atoms with Gasteiger partial charge in [-0.2, -0.15) is 0 Å². The molecule has 0 fully saturated rings. The summed E-state index contributed by atoms with van der Waals surface area (Å²) in [7, 11) is -3.48. The van der Waals surface area contributed by atoms with E-state index in [-0.39, 0.29) is 5.75 Å². The van der Waals surface area contributed by atoms with Crippen molar-refractivity contribution in [2.24, 2.45) is 0 Å². The van der Waals surface area contributed by atoms with Crippen LogP contribution in [0.25, 0.3) is 0 Å². The number of benzene rings is 2. The highest BCUT2D eigenvalue weighted by Gasteiger charge is 2.31. The quantitative estimate of drug-likeness (QED) is 0.940. The molecule has 2 aromatic rings. The molecule has 0 aliphatic carbocycles. The average molecular weight is 331 g/mol. The first-order chi connectivity index (χ1) is 10.9. The van der Waals surface area contributed by atoms with Gasteiger partial charge in [0.1, 0.15) is 0 Å². The van der Waals surface area contributed by atoms with E-state index in [1.54, 1.807) is 6.07 Å². The van der Waals surface area contributed by atoms with Crippen LogP contribution in [-0.2, 0) is 15.8 Å². The first-order valence-corrected chi connectivity index (χ1v) is 9.32. The SMILES string of the molecule is Cc1cccc(CS(=O)(=O)N2CCC(O)c3cc(C)ccc32)c1. The van der Waals surface area contributed by atoms with Crippen LogP contribution in [0, 0.1) is 13.8 Å². The van der Waals surface area contributed by atoms with E-state index in [1.807, 2.05) is 50.2 Å². The van der Waals surface area contributed by atoms with Gasteiger partial charge in [0.15, 0.2) is 0 Å². The molecular weight excluding hydrogens is 310 g/mol. The third-order valence-corrected chi connectivity index (χ3v) is 5.93. The second-order valence-corrected chi connectivity index (χ2v) is 8.08. The highest BCUT2D eigenvalue weighted by molar-refractivity contribution is 7.92. The van der Waals surface area contributed by atoms with E-state index in [0.717, 1.165) is 16.7 Å². The van der Waals surface area contributed by atoms with Crippen LogP contribution in [0.2, 0.25) is 0 Å². The maximum Gasteiger partial charge on any atom is 0.239 e. The molecule has 122 valence electrons. The molecule has 23 heavy (non-hydrogen) atoms. The maximum absolute atomic E-state index is 12.9. The lowest BCUT2D eigenvalue weighted by Crippen LogP contribution is -2.37. The van der Waals surface area contributed by atoms with Crippen molar-refractivity contribution in [1.29, 1.82) is 0 Å². The predicted molar refractivity (Wildman–Crippen MR) is 91.9 cm³/mol. The smallest absolute Gasteiger partial charge is 0.239 e. The Bertz CT molecular complexity index is 830. The van der Waals surface area contributed by atoms with Gasteiger partial charge in [0.25, 0.3) is 0 Å². The van der Waals surface area contributed by atoms with Gasteiger partial charge < -0.3 is 5.11 Å². The van der Waals surface area contributed by atoms with Crippen molar-refractivity contribution in [1.82, 2.24) is 0 Å². The minimum absolute atomic E-state index is 0.0297. The molecular formula is C18H21NO3S. The molecule has 0 radical (unpaired) electrons. The zero-order chi connectivity index (χ0) is 16.6. The van der Waals surface area contributed by atoms with Crippen molar-refractivity contribution < 1.29 is 13.5 Å². The number of sulfonamides is 1. The van der Waals surface area contributed by atoms with E-state index in [9.17, 15) is 13.5 Å². The van der Waals surface area contributed by atoms with E-state index < -0.39 is 16.1 Å². The average Bonchev–Trinajstić information content (AvgIpc) is 2.47. The molecule has 5 heteroatoms. The van der Waals surface area contributed by atoms with E-state index in [1.165, 1.54) is 4.31 Å². The second-order valence-electron chi connectivity index (χ2n) is 6.18. The van der Waals surface area contributed by atoms with Gasteiger partial charge in [-0.1, -0.05) is 47.5 Å². The van der Waals surface area contributed by atoms with Gasteiger partial charge in [-0.25, -0.2) is 8.42 Å². The number of aliphatic hydroxyl groups is 1. The van der Waals surface area contributed by atoms with Crippen LogP contribution in [0.4, 0.5) is 5.69 Å². The largest absolute Gasteiger partial charge is 0.388 e. The summed E-state index contributed by atoms with van der Waals surface area (Å²) >= 11 is 0. The predicted octanol–water partition coefficient (Wildman–Crippen LogP) is 3.08. The van der Waals surface area contributed by atoms with Crippen molar-refractivity contribution in [3.05, 3.63) is 64.7 Å². The van der Waals surface area contributed by atoms with Crippen LogP contribution in [0.5, 0.6) is 0 Å². The van der Waals surface area contributed by atoms with Crippen LogP contribution in [-0.4, -0.2) is 20.1 Å². The molecule has 1 aliphatic heterocycles. The number of anilines is 1. The third-order valence-electron chi connectivity index (χ3n) is 4.18. The second kappa shape index (κ2) is 5.98. The fourth-order valence-corrected chi connectivity index (χ4v) is 4.67. The molecule has 1 unspecified atom stereocenters. The standard InChI is InChI=1S/C18H21NO3S/c1-13-4-3-5-15(10-13)12-23(21,22)19-9-8-18(20)16-11-14(2)6-7-17(16)19/h3-7,10-11,18,20H,8-9,12H2,1-2H3. The monoisotopic (exact) mass is 331 g/mol. The fraction of sp³-hybridized carbons (Fsp3) is 0.333. The summed E-state index contributed by atoms with van der Waals surface area (Å²) in [5, 5.41) is 10.2. The summed E-state index contributed by atoms with van der Waals surface area (Å²) in [5.41, 5.74) is 4.14. The summed E-state index contributed by atoms with van der Waals surface area (Å²) in [6.07, 6.45) is -0.181. The molecule has 0 saturated carbocycles. The Hall–Kier alpha value is -1.85. The molecule has 1 N–H and O–H groups in total. The molecule has 2 aromatic carbocycles. The summed E-state index contributed by atoms with van der Waals surface area (Å²) in [6.45, 7) is 4.20. The Kier molecular flexibility index (Phi) is 4.17. The minimum Gasteiger partial charge on any atom is -0.388 e. The minimum atomic E-state index is -3.48. The normalized spacial score (nSPS) is 17.9. The van der Waals surface area contributed by atoms with E-state index in [0.29, 0.717) is 24.2 Å². The van der Waals surface area contributed by atoms with Crippen molar-refractivity contribution in [3.8, 4) is 0 Å². The van der Waals surface area contributed by atoms with Crippen molar-refractivity contribution in [3.63, 3.8) is 0 Å². The lowest BCUT2D eigenvalue weighted by molar-refractivity contribution is 0.166. The number of aryl methyl sites for hydroxylation is 2. The third kappa shape index (κ3) is 3.26. The fourth-order valence-electron chi connectivity index (χ4n) is 3.06. The van der Waals surface area contributed by atoms with Crippen molar-refractivity contribution >= 4 is 15.7 Å². The Morgan fingerprint density at radius 3 is 2.61 bits per heavy atom. The van der Waals surface area contributed by atoms with Crippen LogP contribution in [0.15, 0.2) is 42.5 Å². The Morgan fingerprint density at radius 1 is 1.13 bits per heavy atom. The number of aliphatic hydroxyl groups excluding tert-OH is 1. The van der Waals surface area contributed by atoms with Gasteiger partial charge >= 0.3 is 0 Å². The Labute approximate surface area is 137 Å². The van der Waals surface area contributed by atoms with E-state index in [4.69, 9.17) is 0 Å². The van der Waals surface area contributed by atoms with Gasteiger partial charge in [0.05, 0.1) is 17.5 Å². The van der Waals surface area contributed by atoms with Crippen LogP contribution in [0.3, 0.4) is 0 Å². The molecule has 0 spiro atoms. The van der Waals surface area contributed by atoms with E-state index >= 15 is 0 Å². The summed E-state index contributed by atoms with van der Waals surface area (Å²) in [5.74, 6) is -0.0297. The number of rotatable bonds is 3. The summed E-state index contributed by atoms with van der Waals surface area (Å²) < 4.78 is 27.2. The summed E-state index contributed by atoms with van der Waals surface area (Å²) in [4.78, 5) is 0. The van der Waals surface area contributed by atoms with Crippen molar-refractivity contribution in [2.45, 2.75) is 32.1 Å². The molecule has 1 atom stereocenters. The maximum atomic E-state index is 12.9. The lowest BCUT2D eigenvalue weighted by atomic mass is 9.99. The molecule has 0 saturated heterocycles. The van der Waals surface area contributed by atoms with E-state index in [2.05, 4.69) is 0 Å². The van der Waals surface area contributed by atoms with Gasteiger partial charge in [0.2, 0.25) is 10.0 Å². The van der Waals surface area contributed by atoms with Crippen molar-refractivity contribution in [2.75, 3.05) is 10.8 Å². The first-order valence-electron chi connectivity index (χ1n) is 7.71. The van der Waals surface area contributed by atoms with Gasteiger partial charge in [-0.3, -0.25) is 4.31 Å². The van der Waals surface area contributed by atoms with Gasteiger partial charge in [-0.05, 0) is 31.9 Å².